The van der Waals surface area contributed by atoms with E-state index in [1.807, 2.05) is 0 Å². The number of rotatable bonds is 4. The molecule has 7 heteroatoms. The van der Waals surface area contributed by atoms with Crippen molar-refractivity contribution in [3.05, 3.63) is 0 Å². The van der Waals surface area contributed by atoms with Crippen molar-refractivity contribution in [3.63, 3.8) is 0 Å². The van der Waals surface area contributed by atoms with Crippen LogP contribution in [0.4, 0.5) is 0 Å². The molecule has 0 unspecified atom stereocenters. The maximum Gasteiger partial charge on any atom is 0.279 e. The van der Waals surface area contributed by atoms with Gasteiger partial charge in [0.2, 0.25) is 0 Å². The molecule has 2 N–H and O–H groups in total. The highest BCUT2D eigenvalue weighted by atomic mass is 35.5. The first-order valence-electron chi connectivity index (χ1n) is 6.16. The Labute approximate surface area is 110 Å². The van der Waals surface area contributed by atoms with Crippen LogP contribution in [0, 0.1) is 0 Å². The lowest BCUT2D eigenvalue weighted by Gasteiger charge is -2.26. The van der Waals surface area contributed by atoms with Crippen LogP contribution in [0.25, 0.3) is 0 Å². The van der Waals surface area contributed by atoms with Crippen LogP contribution in [0.2, 0.25) is 0 Å². The zero-order chi connectivity index (χ0) is 11.4. The second kappa shape index (κ2) is 6.89. The fourth-order valence-corrected chi connectivity index (χ4v) is 3.67. The topological polar surface area (TPSA) is 61.4 Å². The lowest BCUT2D eigenvalue weighted by Crippen LogP contribution is -2.46. The normalized spacial score (nSPS) is 26.7. The van der Waals surface area contributed by atoms with Crippen molar-refractivity contribution in [2.75, 3.05) is 26.2 Å². The van der Waals surface area contributed by atoms with Crippen LogP contribution in [0.5, 0.6) is 0 Å². The molecule has 2 heterocycles. The fraction of sp³-hybridized carbons (Fsp3) is 1.00. The van der Waals surface area contributed by atoms with Gasteiger partial charge in [0.15, 0.2) is 0 Å². The van der Waals surface area contributed by atoms with Crippen LogP contribution in [0.1, 0.15) is 32.1 Å². The number of nitrogens with zero attached hydrogens (tertiary/aromatic N) is 1. The number of hydrogen-bond acceptors (Lipinski definition) is 3. The quantitative estimate of drug-likeness (QED) is 0.789. The molecule has 1 atom stereocenters. The Balaban J connectivity index is 0.00000144. The third-order valence-corrected chi connectivity index (χ3v) is 4.91. The molecule has 0 aromatic carbocycles. The molecule has 0 spiro atoms. The number of piperidine rings is 1. The van der Waals surface area contributed by atoms with Crippen LogP contribution in [-0.4, -0.2) is 44.9 Å². The van der Waals surface area contributed by atoms with Gasteiger partial charge in [0, 0.05) is 25.7 Å². The van der Waals surface area contributed by atoms with Gasteiger partial charge in [-0.3, -0.25) is 0 Å². The summed E-state index contributed by atoms with van der Waals surface area (Å²) < 4.78 is 28.1. The zero-order valence-corrected chi connectivity index (χ0v) is 11.7. The first-order chi connectivity index (χ1) is 7.68. The highest BCUT2D eigenvalue weighted by Gasteiger charge is 2.25. The second-order valence-electron chi connectivity index (χ2n) is 4.61. The van der Waals surface area contributed by atoms with Crippen molar-refractivity contribution in [3.8, 4) is 0 Å². The monoisotopic (exact) mass is 283 g/mol. The molecule has 0 aromatic rings. The summed E-state index contributed by atoms with van der Waals surface area (Å²) in [5.74, 6) is 0. The summed E-state index contributed by atoms with van der Waals surface area (Å²) in [6.07, 6.45) is 5.35. The van der Waals surface area contributed by atoms with Gasteiger partial charge in [-0.1, -0.05) is 6.42 Å². The van der Waals surface area contributed by atoms with Crippen LogP contribution >= 0.6 is 12.4 Å². The van der Waals surface area contributed by atoms with E-state index in [1.54, 1.807) is 4.31 Å². The van der Waals surface area contributed by atoms with Crippen LogP contribution < -0.4 is 10.0 Å². The SMILES string of the molecule is Cl.O=S(=O)(NC[C@H]1CCCN1)N1CCCCC1. The van der Waals surface area contributed by atoms with Gasteiger partial charge >= 0.3 is 0 Å². The molecule has 17 heavy (non-hydrogen) atoms. The van der Waals surface area contributed by atoms with Gasteiger partial charge < -0.3 is 5.32 Å². The Morgan fingerprint density at radius 1 is 1.18 bits per heavy atom. The molecule has 2 aliphatic rings. The molecular formula is C10H22ClN3O2S. The Kier molecular flexibility index (Phi) is 6.16. The van der Waals surface area contributed by atoms with Crippen LogP contribution in [-0.2, 0) is 10.2 Å². The molecule has 5 nitrogen and oxygen atoms in total. The molecule has 2 rings (SSSR count). The van der Waals surface area contributed by atoms with Crippen molar-refractivity contribution < 1.29 is 8.42 Å². The fourth-order valence-electron chi connectivity index (χ4n) is 2.33. The Hall–Kier alpha value is 0.120. The number of nitrogens with one attached hydrogen (secondary N) is 2. The van der Waals surface area contributed by atoms with E-state index in [9.17, 15) is 8.42 Å². The number of halogens is 1. The summed E-state index contributed by atoms with van der Waals surface area (Å²) in [5, 5.41) is 3.29. The van der Waals surface area contributed by atoms with E-state index in [2.05, 4.69) is 10.0 Å². The van der Waals surface area contributed by atoms with Crippen molar-refractivity contribution >= 4 is 22.6 Å². The van der Waals surface area contributed by atoms with Crippen molar-refractivity contribution in [2.24, 2.45) is 0 Å². The molecule has 0 aromatic heterocycles. The van der Waals surface area contributed by atoms with Crippen molar-refractivity contribution in [2.45, 2.75) is 38.1 Å². The lowest BCUT2D eigenvalue weighted by molar-refractivity contribution is 0.340. The minimum Gasteiger partial charge on any atom is -0.313 e. The summed E-state index contributed by atoms with van der Waals surface area (Å²) in [7, 11) is -3.23. The van der Waals surface area contributed by atoms with Crippen LogP contribution in [0.15, 0.2) is 0 Å². The van der Waals surface area contributed by atoms with E-state index >= 15 is 0 Å². The van der Waals surface area contributed by atoms with E-state index in [1.165, 1.54) is 0 Å². The van der Waals surface area contributed by atoms with Gasteiger partial charge in [0.1, 0.15) is 0 Å². The Bertz CT molecular complexity index is 312. The van der Waals surface area contributed by atoms with Gasteiger partial charge in [0.25, 0.3) is 10.2 Å². The van der Waals surface area contributed by atoms with E-state index in [4.69, 9.17) is 0 Å². The van der Waals surface area contributed by atoms with Gasteiger partial charge in [-0.15, -0.1) is 12.4 Å². The Morgan fingerprint density at radius 3 is 2.47 bits per heavy atom. The molecule has 2 saturated heterocycles. The smallest absolute Gasteiger partial charge is 0.279 e. The summed E-state index contributed by atoms with van der Waals surface area (Å²) in [4.78, 5) is 0. The maximum absolute atomic E-state index is 11.9. The molecule has 0 aliphatic carbocycles. The summed E-state index contributed by atoms with van der Waals surface area (Å²) >= 11 is 0. The average Bonchev–Trinajstić information content (AvgIpc) is 2.81. The zero-order valence-electron chi connectivity index (χ0n) is 10.0. The molecule has 2 aliphatic heterocycles. The minimum absolute atomic E-state index is 0. The third kappa shape index (κ3) is 4.37. The van der Waals surface area contributed by atoms with Gasteiger partial charge in [0.05, 0.1) is 0 Å². The lowest BCUT2D eigenvalue weighted by atomic mass is 10.2. The maximum atomic E-state index is 11.9. The van der Waals surface area contributed by atoms with Crippen LogP contribution in [0.3, 0.4) is 0 Å². The molecule has 0 bridgehead atoms. The molecule has 2 fully saturated rings. The van der Waals surface area contributed by atoms with Gasteiger partial charge in [-0.05, 0) is 32.2 Å². The summed E-state index contributed by atoms with van der Waals surface area (Å²) in [6, 6.07) is 0.319. The van der Waals surface area contributed by atoms with E-state index < -0.39 is 10.2 Å². The predicted molar refractivity (Wildman–Crippen MR) is 70.6 cm³/mol. The van der Waals surface area contributed by atoms with Crippen molar-refractivity contribution in [1.29, 1.82) is 0 Å². The average molecular weight is 284 g/mol. The largest absolute Gasteiger partial charge is 0.313 e. The van der Waals surface area contributed by atoms with Crippen molar-refractivity contribution in [1.82, 2.24) is 14.3 Å². The molecular weight excluding hydrogens is 262 g/mol. The molecule has 0 radical (unpaired) electrons. The van der Waals surface area contributed by atoms with E-state index in [0.29, 0.717) is 25.7 Å². The highest BCUT2D eigenvalue weighted by molar-refractivity contribution is 7.87. The molecule has 0 saturated carbocycles. The molecule has 0 amide bonds. The first-order valence-corrected chi connectivity index (χ1v) is 7.60. The molecule has 102 valence electrons. The predicted octanol–water partition coefficient (Wildman–Crippen LogP) is 0.480. The Morgan fingerprint density at radius 2 is 1.88 bits per heavy atom. The highest BCUT2D eigenvalue weighted by Crippen LogP contribution is 2.12. The van der Waals surface area contributed by atoms with E-state index in [0.717, 1.165) is 38.6 Å². The summed E-state index contributed by atoms with van der Waals surface area (Å²) in [5.41, 5.74) is 0. The van der Waals surface area contributed by atoms with E-state index in [-0.39, 0.29) is 12.4 Å². The number of hydrogen-bond donors (Lipinski definition) is 2. The first kappa shape index (κ1) is 15.2. The second-order valence-corrected chi connectivity index (χ2v) is 6.36. The third-order valence-electron chi connectivity index (χ3n) is 3.33. The van der Waals surface area contributed by atoms with Gasteiger partial charge in [-0.2, -0.15) is 12.7 Å². The summed E-state index contributed by atoms with van der Waals surface area (Å²) in [6.45, 7) is 2.88. The minimum atomic E-state index is -3.23. The van der Waals surface area contributed by atoms with Gasteiger partial charge in [-0.25, -0.2) is 4.72 Å². The standard InChI is InChI=1S/C10H21N3O2S.ClH/c14-16(15,13-7-2-1-3-8-13)12-9-10-5-4-6-11-10;/h10-12H,1-9H2;1H/t10-;/m1./s1.